The number of rotatable bonds is 5. The highest BCUT2D eigenvalue weighted by molar-refractivity contribution is 6.04. The smallest absolute Gasteiger partial charge is 0.271 e. The van der Waals surface area contributed by atoms with Crippen molar-refractivity contribution in [1.29, 1.82) is 0 Å². The SMILES string of the molecule is COc1ccc(C2CCOCC2)c2nc(NC(=O)c3ccc(C(=O)N(C)C)nc3)[nH]c12. The molecule has 2 N–H and O–H groups in total. The number of amides is 2. The van der Waals surface area contributed by atoms with Gasteiger partial charge in [0.2, 0.25) is 5.95 Å². The molecule has 9 heteroatoms. The number of hydrogen-bond donors (Lipinski definition) is 2. The quantitative estimate of drug-likeness (QED) is 0.653. The number of H-pyrrole nitrogens is 1. The lowest BCUT2D eigenvalue weighted by molar-refractivity contribution is 0.0821. The van der Waals surface area contributed by atoms with Gasteiger partial charge in [0, 0.05) is 33.5 Å². The molecule has 2 aromatic heterocycles. The third-order valence-corrected chi connectivity index (χ3v) is 5.40. The summed E-state index contributed by atoms with van der Waals surface area (Å²) in [6.07, 6.45) is 3.24. The molecule has 1 aromatic carbocycles. The number of carbonyl (C=O) groups excluding carboxylic acids is 2. The van der Waals surface area contributed by atoms with Crippen LogP contribution in [-0.2, 0) is 4.74 Å². The molecule has 0 unspecified atom stereocenters. The van der Waals surface area contributed by atoms with Gasteiger partial charge in [-0.2, -0.15) is 0 Å². The van der Waals surface area contributed by atoms with Crippen molar-refractivity contribution in [3.05, 3.63) is 47.3 Å². The van der Waals surface area contributed by atoms with E-state index in [-0.39, 0.29) is 17.5 Å². The zero-order chi connectivity index (χ0) is 22.0. The maximum Gasteiger partial charge on any atom is 0.271 e. The number of nitrogens with zero attached hydrogens (tertiary/aromatic N) is 3. The molecule has 0 spiro atoms. The molecule has 0 saturated carbocycles. The van der Waals surface area contributed by atoms with Crippen LogP contribution in [-0.4, -0.2) is 66.1 Å². The normalized spacial score (nSPS) is 14.4. The number of fused-ring (bicyclic) bond motifs is 1. The largest absolute Gasteiger partial charge is 0.494 e. The first-order valence-corrected chi connectivity index (χ1v) is 10.1. The van der Waals surface area contributed by atoms with Gasteiger partial charge in [-0.1, -0.05) is 6.07 Å². The highest BCUT2D eigenvalue weighted by Crippen LogP contribution is 2.36. The van der Waals surface area contributed by atoms with Crippen LogP contribution in [0.2, 0.25) is 0 Å². The minimum Gasteiger partial charge on any atom is -0.494 e. The van der Waals surface area contributed by atoms with Crippen LogP contribution < -0.4 is 10.1 Å². The number of carbonyl (C=O) groups is 2. The third kappa shape index (κ3) is 4.22. The molecule has 1 aliphatic rings. The van der Waals surface area contributed by atoms with Crippen molar-refractivity contribution in [2.45, 2.75) is 18.8 Å². The molecular weight excluding hydrogens is 398 g/mol. The molecular formula is C22H25N5O4. The van der Waals surface area contributed by atoms with E-state index in [1.165, 1.54) is 17.2 Å². The molecule has 1 fully saturated rings. The van der Waals surface area contributed by atoms with Gasteiger partial charge in [-0.25, -0.2) is 4.98 Å². The first kappa shape index (κ1) is 20.8. The number of aromatic nitrogens is 3. The maximum absolute atomic E-state index is 12.7. The Morgan fingerprint density at radius 2 is 1.97 bits per heavy atom. The summed E-state index contributed by atoms with van der Waals surface area (Å²) in [4.78, 5) is 38.0. The minimum absolute atomic E-state index is 0.225. The number of aromatic amines is 1. The van der Waals surface area contributed by atoms with E-state index in [1.54, 1.807) is 27.3 Å². The Bertz CT molecular complexity index is 1100. The second kappa shape index (κ2) is 8.73. The summed E-state index contributed by atoms with van der Waals surface area (Å²) in [7, 11) is 4.90. The van der Waals surface area contributed by atoms with Gasteiger partial charge in [-0.3, -0.25) is 19.9 Å². The molecule has 4 rings (SSSR count). The molecule has 3 aromatic rings. The fraction of sp³-hybridized carbons (Fsp3) is 0.364. The van der Waals surface area contributed by atoms with Crippen LogP contribution in [0, 0.1) is 0 Å². The van der Waals surface area contributed by atoms with E-state index in [0.29, 0.717) is 23.2 Å². The van der Waals surface area contributed by atoms with Gasteiger partial charge in [-0.15, -0.1) is 0 Å². The van der Waals surface area contributed by atoms with Crippen LogP contribution in [0.25, 0.3) is 11.0 Å². The highest BCUT2D eigenvalue weighted by Gasteiger charge is 2.22. The molecule has 162 valence electrons. The predicted octanol–water partition coefficient (Wildman–Crippen LogP) is 2.81. The Morgan fingerprint density at radius 3 is 2.61 bits per heavy atom. The fourth-order valence-electron chi connectivity index (χ4n) is 3.72. The predicted molar refractivity (Wildman–Crippen MR) is 116 cm³/mol. The zero-order valence-corrected chi connectivity index (χ0v) is 17.8. The van der Waals surface area contributed by atoms with E-state index in [0.717, 1.165) is 42.7 Å². The Kier molecular flexibility index (Phi) is 5.85. The number of imidazole rings is 1. The van der Waals surface area contributed by atoms with Crippen LogP contribution in [0.1, 0.15) is 45.2 Å². The molecule has 1 aliphatic heterocycles. The molecule has 0 bridgehead atoms. The molecule has 9 nitrogen and oxygen atoms in total. The summed E-state index contributed by atoms with van der Waals surface area (Å²) in [6.45, 7) is 1.46. The van der Waals surface area contributed by atoms with Crippen LogP contribution >= 0.6 is 0 Å². The van der Waals surface area contributed by atoms with Crippen molar-refractivity contribution >= 4 is 28.8 Å². The van der Waals surface area contributed by atoms with E-state index in [9.17, 15) is 9.59 Å². The number of nitrogens with one attached hydrogen (secondary N) is 2. The highest BCUT2D eigenvalue weighted by atomic mass is 16.5. The molecule has 2 amide bonds. The standard InChI is InChI=1S/C22H25N5O4/c1-27(2)21(29)16-6-4-14(12-23-16)20(28)26-22-24-18-15(13-8-10-31-11-9-13)5-7-17(30-3)19(18)25-22/h4-7,12-13H,8-11H2,1-3H3,(H2,24,25,26,28). The zero-order valence-electron chi connectivity index (χ0n) is 17.8. The second-order valence-electron chi connectivity index (χ2n) is 7.64. The Hall–Kier alpha value is -3.46. The van der Waals surface area contributed by atoms with Gasteiger partial charge in [0.05, 0.1) is 18.2 Å². The van der Waals surface area contributed by atoms with Crippen molar-refractivity contribution in [3.8, 4) is 5.75 Å². The van der Waals surface area contributed by atoms with E-state index in [1.807, 2.05) is 12.1 Å². The lowest BCUT2D eigenvalue weighted by atomic mass is 9.90. The number of anilines is 1. The summed E-state index contributed by atoms with van der Waals surface area (Å²) in [5.74, 6) is 0.734. The summed E-state index contributed by atoms with van der Waals surface area (Å²) < 4.78 is 11.0. The van der Waals surface area contributed by atoms with Gasteiger partial charge in [0.1, 0.15) is 17.0 Å². The van der Waals surface area contributed by atoms with Gasteiger partial charge in [-0.05, 0) is 42.5 Å². The van der Waals surface area contributed by atoms with Crippen molar-refractivity contribution in [1.82, 2.24) is 19.9 Å². The molecule has 3 heterocycles. The van der Waals surface area contributed by atoms with Crippen LogP contribution in [0.4, 0.5) is 5.95 Å². The lowest BCUT2D eigenvalue weighted by Crippen LogP contribution is -2.23. The molecule has 0 radical (unpaired) electrons. The summed E-state index contributed by atoms with van der Waals surface area (Å²) in [5.41, 5.74) is 3.24. The molecule has 0 aliphatic carbocycles. The average molecular weight is 423 g/mol. The maximum atomic E-state index is 12.7. The van der Waals surface area contributed by atoms with Crippen LogP contribution in [0.15, 0.2) is 30.5 Å². The Balaban J connectivity index is 1.59. The molecule has 0 atom stereocenters. The van der Waals surface area contributed by atoms with E-state index < -0.39 is 0 Å². The van der Waals surface area contributed by atoms with Crippen molar-refractivity contribution < 1.29 is 19.1 Å². The third-order valence-electron chi connectivity index (χ3n) is 5.40. The second-order valence-corrected chi connectivity index (χ2v) is 7.64. The van der Waals surface area contributed by atoms with Gasteiger partial charge in [0.15, 0.2) is 0 Å². The van der Waals surface area contributed by atoms with Crippen LogP contribution in [0.3, 0.4) is 0 Å². The van der Waals surface area contributed by atoms with Gasteiger partial charge >= 0.3 is 0 Å². The number of hydrogen-bond acceptors (Lipinski definition) is 6. The monoisotopic (exact) mass is 423 g/mol. The van der Waals surface area contributed by atoms with Crippen molar-refractivity contribution in [3.63, 3.8) is 0 Å². The summed E-state index contributed by atoms with van der Waals surface area (Å²) in [6, 6.07) is 7.05. The van der Waals surface area contributed by atoms with Crippen LogP contribution in [0.5, 0.6) is 5.75 Å². The van der Waals surface area contributed by atoms with Crippen molar-refractivity contribution in [2.75, 3.05) is 39.7 Å². The average Bonchev–Trinajstić information content (AvgIpc) is 3.22. The minimum atomic E-state index is -0.373. The van der Waals surface area contributed by atoms with E-state index in [4.69, 9.17) is 9.47 Å². The Morgan fingerprint density at radius 1 is 1.19 bits per heavy atom. The lowest BCUT2D eigenvalue weighted by Gasteiger charge is -2.22. The van der Waals surface area contributed by atoms with E-state index in [2.05, 4.69) is 20.3 Å². The van der Waals surface area contributed by atoms with E-state index >= 15 is 0 Å². The summed E-state index contributed by atoms with van der Waals surface area (Å²) >= 11 is 0. The fourth-order valence-corrected chi connectivity index (χ4v) is 3.72. The number of benzene rings is 1. The number of ether oxygens (including phenoxy) is 2. The first-order valence-electron chi connectivity index (χ1n) is 10.1. The first-order chi connectivity index (χ1) is 15.0. The number of methoxy groups -OCH3 is 1. The topological polar surface area (TPSA) is 109 Å². The van der Waals surface area contributed by atoms with Gasteiger partial charge in [0.25, 0.3) is 11.8 Å². The van der Waals surface area contributed by atoms with Gasteiger partial charge < -0.3 is 19.4 Å². The van der Waals surface area contributed by atoms with Crippen molar-refractivity contribution in [2.24, 2.45) is 0 Å². The Labute approximate surface area is 179 Å². The summed E-state index contributed by atoms with van der Waals surface area (Å²) in [5, 5.41) is 2.78. The number of pyridine rings is 1. The molecule has 31 heavy (non-hydrogen) atoms. The molecule has 1 saturated heterocycles.